The maximum atomic E-state index is 12.5. The minimum Gasteiger partial charge on any atom is -0.462 e. The van der Waals surface area contributed by atoms with Crippen LogP contribution in [0.15, 0.2) is 42.5 Å². The van der Waals surface area contributed by atoms with Gasteiger partial charge >= 0.3 is 11.9 Å². The molecule has 0 atom stereocenters. The number of rotatable bonds is 10. The summed E-state index contributed by atoms with van der Waals surface area (Å²) in [7, 11) is 0. The average Bonchev–Trinajstić information content (AvgIpc) is 2.70. The van der Waals surface area contributed by atoms with Gasteiger partial charge in [-0.05, 0) is 49.2 Å². The van der Waals surface area contributed by atoms with Crippen molar-refractivity contribution in [3.05, 3.63) is 64.2 Å². The summed E-state index contributed by atoms with van der Waals surface area (Å²) < 4.78 is 10.7. The van der Waals surface area contributed by atoms with Crippen molar-refractivity contribution >= 4 is 23.5 Å². The minimum atomic E-state index is -0.603. The molecule has 4 nitrogen and oxygen atoms in total. The van der Waals surface area contributed by atoms with Crippen LogP contribution in [-0.4, -0.2) is 18.5 Å². The fourth-order valence-corrected chi connectivity index (χ4v) is 2.92. The fraction of sp³-hybridized carbons (Fsp3) is 0.391. The highest BCUT2D eigenvalue weighted by molar-refractivity contribution is 6.31. The van der Waals surface area contributed by atoms with E-state index in [4.69, 9.17) is 21.1 Å². The Morgan fingerprint density at radius 1 is 0.893 bits per heavy atom. The molecule has 0 aliphatic carbocycles. The molecule has 5 heteroatoms. The molecule has 0 spiro atoms. The molecule has 0 aromatic heterocycles. The molecule has 0 radical (unpaired) electrons. The number of esters is 2. The molecule has 0 saturated carbocycles. The lowest BCUT2D eigenvalue weighted by molar-refractivity contribution is 0.0489. The van der Waals surface area contributed by atoms with Gasteiger partial charge in [-0.2, -0.15) is 0 Å². The fourth-order valence-electron chi connectivity index (χ4n) is 2.81. The van der Waals surface area contributed by atoms with Gasteiger partial charge in [0.2, 0.25) is 0 Å². The number of halogens is 1. The first-order valence-corrected chi connectivity index (χ1v) is 10.1. The minimum absolute atomic E-state index is 0.183. The van der Waals surface area contributed by atoms with E-state index in [1.807, 2.05) is 6.92 Å². The number of hydrogen-bond donors (Lipinski definition) is 0. The maximum absolute atomic E-state index is 12.5. The van der Waals surface area contributed by atoms with Crippen LogP contribution < -0.4 is 4.74 Å². The first-order chi connectivity index (χ1) is 13.5. The Kier molecular flexibility index (Phi) is 9.02. The number of hydrogen-bond acceptors (Lipinski definition) is 4. The van der Waals surface area contributed by atoms with Crippen molar-refractivity contribution in [2.75, 3.05) is 6.61 Å². The van der Waals surface area contributed by atoms with Crippen molar-refractivity contribution in [1.82, 2.24) is 0 Å². The van der Waals surface area contributed by atoms with Crippen molar-refractivity contribution < 1.29 is 19.1 Å². The van der Waals surface area contributed by atoms with Crippen LogP contribution in [0.25, 0.3) is 0 Å². The number of aryl methyl sites for hydroxylation is 1. The van der Waals surface area contributed by atoms with Gasteiger partial charge in [-0.25, -0.2) is 9.59 Å². The zero-order chi connectivity index (χ0) is 20.4. The Labute approximate surface area is 171 Å². The normalized spacial score (nSPS) is 10.5. The van der Waals surface area contributed by atoms with E-state index < -0.39 is 11.9 Å². The van der Waals surface area contributed by atoms with Gasteiger partial charge in [-0.15, -0.1) is 0 Å². The van der Waals surface area contributed by atoms with E-state index in [9.17, 15) is 9.59 Å². The van der Waals surface area contributed by atoms with Crippen LogP contribution >= 0.6 is 11.6 Å². The molecule has 0 saturated heterocycles. The summed E-state index contributed by atoms with van der Waals surface area (Å²) in [4.78, 5) is 25.0. The van der Waals surface area contributed by atoms with E-state index in [1.54, 1.807) is 42.5 Å². The molecule has 0 heterocycles. The van der Waals surface area contributed by atoms with Crippen LogP contribution in [-0.2, 0) is 4.74 Å². The molecule has 0 aliphatic heterocycles. The zero-order valence-corrected chi connectivity index (χ0v) is 17.3. The number of unbranched alkanes of at least 4 members (excludes halogenated alkanes) is 5. The highest BCUT2D eigenvalue weighted by Gasteiger charge is 2.19. The Bertz CT molecular complexity index is 801. The lowest BCUT2D eigenvalue weighted by Crippen LogP contribution is -2.16. The molecule has 28 heavy (non-hydrogen) atoms. The van der Waals surface area contributed by atoms with Crippen LogP contribution in [0.3, 0.4) is 0 Å². The highest BCUT2D eigenvalue weighted by atomic mass is 35.5. The summed E-state index contributed by atoms with van der Waals surface area (Å²) in [6.07, 6.45) is 6.66. The molecular formula is C23H27ClO4. The third-order valence-electron chi connectivity index (χ3n) is 4.44. The lowest BCUT2D eigenvalue weighted by Gasteiger charge is -2.10. The smallest absolute Gasteiger partial charge is 0.344 e. The molecule has 0 N–H and O–H groups in total. The predicted molar refractivity (Wildman–Crippen MR) is 111 cm³/mol. The standard InChI is InChI=1S/C23H27ClO4/c1-3-4-5-6-7-10-15-27-22(25)19-11-8-9-12-20(19)23(26)28-18-13-14-21(24)17(2)16-18/h8-9,11-14,16H,3-7,10,15H2,1-2H3. The average molecular weight is 403 g/mol. The van der Waals surface area contributed by atoms with Crippen molar-refractivity contribution in [3.63, 3.8) is 0 Å². The second-order valence-electron chi connectivity index (χ2n) is 6.75. The van der Waals surface area contributed by atoms with E-state index in [2.05, 4.69) is 6.92 Å². The quantitative estimate of drug-likeness (QED) is 0.262. The highest BCUT2D eigenvalue weighted by Crippen LogP contribution is 2.22. The molecule has 0 fully saturated rings. The largest absolute Gasteiger partial charge is 0.462 e. The third kappa shape index (κ3) is 6.68. The molecule has 2 aromatic rings. The van der Waals surface area contributed by atoms with Crippen molar-refractivity contribution in [2.45, 2.75) is 52.4 Å². The summed E-state index contributed by atoms with van der Waals surface area (Å²) in [6, 6.07) is 11.5. The van der Waals surface area contributed by atoms with Gasteiger partial charge in [0.25, 0.3) is 0 Å². The second-order valence-corrected chi connectivity index (χ2v) is 7.16. The lowest BCUT2D eigenvalue weighted by atomic mass is 10.1. The first kappa shape index (κ1) is 22.0. The van der Waals surface area contributed by atoms with Gasteiger partial charge in [0, 0.05) is 5.02 Å². The summed E-state index contributed by atoms with van der Waals surface area (Å²) >= 11 is 6.00. The molecule has 0 unspecified atom stereocenters. The Morgan fingerprint density at radius 2 is 1.54 bits per heavy atom. The van der Waals surface area contributed by atoms with Crippen molar-refractivity contribution in [3.8, 4) is 5.75 Å². The molecule has 0 amide bonds. The summed E-state index contributed by atoms with van der Waals surface area (Å²) in [5.41, 5.74) is 1.20. The van der Waals surface area contributed by atoms with E-state index in [-0.39, 0.29) is 11.1 Å². The molecule has 2 aromatic carbocycles. The Hall–Kier alpha value is -2.33. The van der Waals surface area contributed by atoms with Gasteiger partial charge in [0.15, 0.2) is 0 Å². The van der Waals surface area contributed by atoms with Crippen LogP contribution in [0, 0.1) is 6.92 Å². The van der Waals surface area contributed by atoms with Crippen molar-refractivity contribution in [1.29, 1.82) is 0 Å². The van der Waals surface area contributed by atoms with E-state index in [0.717, 1.165) is 24.8 Å². The topological polar surface area (TPSA) is 52.6 Å². The van der Waals surface area contributed by atoms with Gasteiger partial charge < -0.3 is 9.47 Å². The van der Waals surface area contributed by atoms with Crippen LogP contribution in [0.4, 0.5) is 0 Å². The molecule has 2 rings (SSSR count). The summed E-state index contributed by atoms with van der Waals surface area (Å²) in [5.74, 6) is -0.732. The molecule has 0 bridgehead atoms. The summed E-state index contributed by atoms with van der Waals surface area (Å²) in [6.45, 7) is 4.36. The Balaban J connectivity index is 1.94. The van der Waals surface area contributed by atoms with E-state index in [0.29, 0.717) is 17.4 Å². The molecule has 150 valence electrons. The number of ether oxygens (including phenoxy) is 2. The number of benzene rings is 2. The van der Waals surface area contributed by atoms with Gasteiger partial charge in [-0.3, -0.25) is 0 Å². The SMILES string of the molecule is CCCCCCCCOC(=O)c1ccccc1C(=O)Oc1ccc(Cl)c(C)c1. The number of carbonyl (C=O) groups excluding carboxylic acids is 2. The van der Waals surface area contributed by atoms with Crippen LogP contribution in [0.1, 0.15) is 71.7 Å². The molecule has 0 aliphatic rings. The van der Waals surface area contributed by atoms with E-state index in [1.165, 1.54) is 19.3 Å². The monoisotopic (exact) mass is 402 g/mol. The van der Waals surface area contributed by atoms with Crippen molar-refractivity contribution in [2.24, 2.45) is 0 Å². The first-order valence-electron chi connectivity index (χ1n) is 9.77. The van der Waals surface area contributed by atoms with Gasteiger partial charge in [-0.1, -0.05) is 62.8 Å². The summed E-state index contributed by atoms with van der Waals surface area (Å²) in [5, 5.41) is 0.596. The van der Waals surface area contributed by atoms with Crippen LogP contribution in [0.5, 0.6) is 5.75 Å². The number of carbonyl (C=O) groups is 2. The van der Waals surface area contributed by atoms with Crippen LogP contribution in [0.2, 0.25) is 5.02 Å². The zero-order valence-electron chi connectivity index (χ0n) is 16.5. The Morgan fingerprint density at radius 3 is 2.21 bits per heavy atom. The second kappa shape index (κ2) is 11.5. The molecular weight excluding hydrogens is 376 g/mol. The third-order valence-corrected chi connectivity index (χ3v) is 4.86. The van der Waals surface area contributed by atoms with E-state index >= 15 is 0 Å². The van der Waals surface area contributed by atoms with Gasteiger partial charge in [0.05, 0.1) is 17.7 Å². The van der Waals surface area contributed by atoms with Gasteiger partial charge in [0.1, 0.15) is 5.75 Å². The predicted octanol–water partition coefficient (Wildman–Crippen LogP) is 6.38. The maximum Gasteiger partial charge on any atom is 0.344 e.